The molecule has 0 fully saturated rings. The highest BCUT2D eigenvalue weighted by atomic mass is 35.5. The topological polar surface area (TPSA) is 40.5 Å². The number of amides is 1. The summed E-state index contributed by atoms with van der Waals surface area (Å²) in [5, 5.41) is 10.5. The first-order valence-corrected chi connectivity index (χ1v) is 7.44. The highest BCUT2D eigenvalue weighted by Crippen LogP contribution is 2.13. The van der Waals surface area contributed by atoms with Crippen LogP contribution in [-0.2, 0) is 11.2 Å². The van der Waals surface area contributed by atoms with Crippen molar-refractivity contribution in [1.29, 1.82) is 0 Å². The minimum atomic E-state index is -0.845. The molecule has 1 rings (SSSR count). The van der Waals surface area contributed by atoms with Crippen LogP contribution in [0, 0.1) is 0 Å². The molecule has 112 valence electrons. The van der Waals surface area contributed by atoms with Crippen LogP contribution in [0.4, 0.5) is 0 Å². The van der Waals surface area contributed by atoms with Crippen molar-refractivity contribution in [3.05, 3.63) is 34.9 Å². The molecule has 0 atom stereocenters. The van der Waals surface area contributed by atoms with Gasteiger partial charge in [0.2, 0.25) is 5.91 Å². The Bertz CT molecular complexity index is 423. The van der Waals surface area contributed by atoms with E-state index < -0.39 is 5.60 Å². The van der Waals surface area contributed by atoms with Crippen LogP contribution in [0.3, 0.4) is 0 Å². The molecule has 0 aliphatic carbocycles. The average molecular weight is 298 g/mol. The van der Waals surface area contributed by atoms with Gasteiger partial charge in [0, 0.05) is 24.5 Å². The number of rotatable bonds is 7. The van der Waals surface area contributed by atoms with Crippen LogP contribution in [0.15, 0.2) is 24.3 Å². The van der Waals surface area contributed by atoms with Crippen molar-refractivity contribution in [2.45, 2.75) is 45.6 Å². The van der Waals surface area contributed by atoms with E-state index >= 15 is 0 Å². The second kappa shape index (κ2) is 7.65. The molecule has 0 radical (unpaired) electrons. The number of hydrogen-bond acceptors (Lipinski definition) is 2. The van der Waals surface area contributed by atoms with E-state index in [1.165, 1.54) is 5.56 Å². The molecule has 0 saturated heterocycles. The second-order valence-corrected chi connectivity index (χ2v) is 6.14. The second-order valence-electron chi connectivity index (χ2n) is 5.70. The Hall–Kier alpha value is -1.06. The standard InChI is InChI=1S/C16H24ClNO2/c1-4-18(12-16(2,3)20)15(19)7-5-6-13-8-10-14(17)11-9-13/h8-11,20H,4-7,12H2,1-3H3. The molecule has 0 aromatic heterocycles. The average Bonchev–Trinajstić information content (AvgIpc) is 2.37. The normalized spacial score (nSPS) is 11.4. The Kier molecular flexibility index (Phi) is 6.50. The molecule has 20 heavy (non-hydrogen) atoms. The predicted molar refractivity (Wildman–Crippen MR) is 82.9 cm³/mol. The largest absolute Gasteiger partial charge is 0.389 e. The van der Waals surface area contributed by atoms with E-state index in [0.717, 1.165) is 17.9 Å². The molecule has 3 nitrogen and oxygen atoms in total. The fourth-order valence-corrected chi connectivity index (χ4v) is 2.22. The first kappa shape index (κ1) is 17.0. The summed E-state index contributed by atoms with van der Waals surface area (Å²) in [5.41, 5.74) is 0.342. The Morgan fingerprint density at radius 3 is 2.40 bits per heavy atom. The summed E-state index contributed by atoms with van der Waals surface area (Å²) < 4.78 is 0. The van der Waals surface area contributed by atoms with Crippen molar-refractivity contribution in [2.24, 2.45) is 0 Å². The smallest absolute Gasteiger partial charge is 0.222 e. The lowest BCUT2D eigenvalue weighted by atomic mass is 10.1. The minimum Gasteiger partial charge on any atom is -0.389 e. The summed E-state index contributed by atoms with van der Waals surface area (Å²) in [6.07, 6.45) is 2.18. The lowest BCUT2D eigenvalue weighted by Crippen LogP contribution is -2.42. The first-order chi connectivity index (χ1) is 9.31. The summed E-state index contributed by atoms with van der Waals surface area (Å²) in [5.74, 6) is 0.101. The van der Waals surface area contributed by atoms with Gasteiger partial charge in [-0.1, -0.05) is 23.7 Å². The zero-order valence-corrected chi connectivity index (χ0v) is 13.3. The molecule has 1 N–H and O–H groups in total. The SMILES string of the molecule is CCN(CC(C)(C)O)C(=O)CCCc1ccc(Cl)cc1. The molecule has 0 saturated carbocycles. The number of carbonyl (C=O) groups excluding carboxylic acids is 1. The van der Waals surface area contributed by atoms with Gasteiger partial charge < -0.3 is 10.0 Å². The van der Waals surface area contributed by atoms with Crippen molar-refractivity contribution in [1.82, 2.24) is 4.90 Å². The summed E-state index contributed by atoms with van der Waals surface area (Å²) in [4.78, 5) is 13.8. The zero-order chi connectivity index (χ0) is 15.2. The van der Waals surface area contributed by atoms with E-state index in [1.807, 2.05) is 31.2 Å². The van der Waals surface area contributed by atoms with Gasteiger partial charge in [-0.15, -0.1) is 0 Å². The lowest BCUT2D eigenvalue weighted by Gasteiger charge is -2.28. The van der Waals surface area contributed by atoms with Crippen molar-refractivity contribution >= 4 is 17.5 Å². The molecular weight excluding hydrogens is 274 g/mol. The number of nitrogens with zero attached hydrogens (tertiary/aromatic N) is 1. The molecule has 0 spiro atoms. The molecule has 0 aliphatic rings. The molecule has 0 bridgehead atoms. The molecule has 1 aromatic rings. The van der Waals surface area contributed by atoms with Crippen LogP contribution in [0.5, 0.6) is 0 Å². The van der Waals surface area contributed by atoms with Gasteiger partial charge in [-0.25, -0.2) is 0 Å². The lowest BCUT2D eigenvalue weighted by molar-refractivity contribution is -0.134. The maximum atomic E-state index is 12.1. The fraction of sp³-hybridized carbons (Fsp3) is 0.562. The maximum Gasteiger partial charge on any atom is 0.222 e. The van der Waals surface area contributed by atoms with Gasteiger partial charge in [-0.05, 0) is 51.3 Å². The Morgan fingerprint density at radius 2 is 1.90 bits per heavy atom. The number of aryl methyl sites for hydroxylation is 1. The van der Waals surface area contributed by atoms with E-state index in [-0.39, 0.29) is 5.91 Å². The molecule has 1 amide bonds. The van der Waals surface area contributed by atoms with Gasteiger partial charge in [-0.3, -0.25) is 4.79 Å². The molecule has 4 heteroatoms. The van der Waals surface area contributed by atoms with Crippen molar-refractivity contribution in [2.75, 3.05) is 13.1 Å². The first-order valence-electron chi connectivity index (χ1n) is 7.06. The predicted octanol–water partition coefficient (Wildman–Crippen LogP) is 3.28. The van der Waals surface area contributed by atoms with E-state index in [2.05, 4.69) is 0 Å². The zero-order valence-electron chi connectivity index (χ0n) is 12.5. The molecule has 0 heterocycles. The Morgan fingerprint density at radius 1 is 1.30 bits per heavy atom. The van der Waals surface area contributed by atoms with Crippen molar-refractivity contribution in [3.8, 4) is 0 Å². The van der Waals surface area contributed by atoms with Crippen molar-refractivity contribution < 1.29 is 9.90 Å². The van der Waals surface area contributed by atoms with Gasteiger partial charge in [0.1, 0.15) is 0 Å². The van der Waals surface area contributed by atoms with E-state index in [4.69, 9.17) is 11.6 Å². The quantitative estimate of drug-likeness (QED) is 0.839. The van der Waals surface area contributed by atoms with E-state index in [1.54, 1.807) is 18.7 Å². The molecular formula is C16H24ClNO2. The highest BCUT2D eigenvalue weighted by molar-refractivity contribution is 6.30. The third-order valence-corrected chi connectivity index (χ3v) is 3.33. The maximum absolute atomic E-state index is 12.1. The van der Waals surface area contributed by atoms with Crippen LogP contribution < -0.4 is 0 Å². The van der Waals surface area contributed by atoms with Gasteiger partial charge in [-0.2, -0.15) is 0 Å². The van der Waals surface area contributed by atoms with Gasteiger partial charge in [0.25, 0.3) is 0 Å². The summed E-state index contributed by atoms with van der Waals surface area (Å²) in [6.45, 7) is 6.38. The number of benzene rings is 1. The monoisotopic (exact) mass is 297 g/mol. The molecule has 0 aliphatic heterocycles. The summed E-state index contributed by atoms with van der Waals surface area (Å²) in [7, 11) is 0. The number of carbonyl (C=O) groups is 1. The summed E-state index contributed by atoms with van der Waals surface area (Å²) in [6, 6.07) is 7.71. The van der Waals surface area contributed by atoms with Crippen LogP contribution >= 0.6 is 11.6 Å². The van der Waals surface area contributed by atoms with Gasteiger partial charge >= 0.3 is 0 Å². The number of likely N-dealkylation sites (N-methyl/N-ethyl adjacent to an activating group) is 1. The third-order valence-electron chi connectivity index (χ3n) is 3.08. The number of hydrogen-bond donors (Lipinski definition) is 1. The van der Waals surface area contributed by atoms with Crippen LogP contribution in [0.25, 0.3) is 0 Å². The van der Waals surface area contributed by atoms with E-state index in [9.17, 15) is 9.90 Å². The molecule has 1 aromatic carbocycles. The third kappa shape index (κ3) is 6.40. The Labute approximate surface area is 126 Å². The highest BCUT2D eigenvalue weighted by Gasteiger charge is 2.20. The van der Waals surface area contributed by atoms with E-state index in [0.29, 0.717) is 19.5 Å². The van der Waals surface area contributed by atoms with Gasteiger partial charge in [0.15, 0.2) is 0 Å². The van der Waals surface area contributed by atoms with Gasteiger partial charge in [0.05, 0.1) is 5.60 Å². The Balaban J connectivity index is 2.40. The number of aliphatic hydroxyl groups is 1. The van der Waals surface area contributed by atoms with Crippen LogP contribution in [0.2, 0.25) is 5.02 Å². The van der Waals surface area contributed by atoms with Crippen LogP contribution in [0.1, 0.15) is 39.2 Å². The fourth-order valence-electron chi connectivity index (χ4n) is 2.10. The minimum absolute atomic E-state index is 0.101. The summed E-state index contributed by atoms with van der Waals surface area (Å²) >= 11 is 5.83. The number of halogens is 1. The van der Waals surface area contributed by atoms with Crippen molar-refractivity contribution in [3.63, 3.8) is 0 Å². The van der Waals surface area contributed by atoms with Crippen LogP contribution in [-0.4, -0.2) is 34.6 Å². The molecule has 0 unspecified atom stereocenters.